The van der Waals surface area contributed by atoms with E-state index >= 15 is 0 Å². The monoisotopic (exact) mass is 400 g/mol. The van der Waals surface area contributed by atoms with Crippen molar-refractivity contribution in [2.45, 2.75) is 26.2 Å². The van der Waals surface area contributed by atoms with Gasteiger partial charge in [-0.25, -0.2) is 12.7 Å². The van der Waals surface area contributed by atoms with Crippen molar-refractivity contribution in [3.05, 3.63) is 28.2 Å². The van der Waals surface area contributed by atoms with Crippen LogP contribution in [0.15, 0.2) is 22.7 Å². The normalized spacial score (nSPS) is 19.8. The third-order valence-corrected chi connectivity index (χ3v) is 7.14. The number of sulfonamides is 1. The number of carbonyl (C=O) groups is 1. The van der Waals surface area contributed by atoms with E-state index in [4.69, 9.17) is 0 Å². The van der Waals surface area contributed by atoms with Crippen LogP contribution < -0.4 is 4.90 Å². The molecule has 0 radical (unpaired) electrons. The zero-order chi connectivity index (χ0) is 16.6. The molecule has 0 aliphatic carbocycles. The lowest BCUT2D eigenvalue weighted by Crippen LogP contribution is -2.44. The molecule has 1 saturated heterocycles. The first-order valence-corrected chi connectivity index (χ1v) is 10.4. The second-order valence-electron chi connectivity index (χ2n) is 6.09. The van der Waals surface area contributed by atoms with Crippen molar-refractivity contribution in [1.29, 1.82) is 0 Å². The van der Waals surface area contributed by atoms with Crippen molar-refractivity contribution in [3.8, 4) is 0 Å². The number of nitrogens with zero attached hydrogens (tertiary/aromatic N) is 2. The van der Waals surface area contributed by atoms with Gasteiger partial charge in [-0.1, -0.05) is 15.9 Å². The summed E-state index contributed by atoms with van der Waals surface area (Å²) in [6.45, 7) is 3.28. The van der Waals surface area contributed by atoms with Crippen LogP contribution in [0, 0.1) is 5.92 Å². The standard InChI is InChI=1S/C16H21BrN2O3S/c1-2-23(21,22)18-8-5-12(6-9-18)16(20)19-10-7-13-11-14(17)3-4-15(13)19/h3-4,11-12H,2,5-10H2,1H3. The molecule has 0 spiro atoms. The number of fused-ring (bicyclic) bond motifs is 1. The molecule has 0 aromatic heterocycles. The topological polar surface area (TPSA) is 57.7 Å². The molecule has 0 N–H and O–H groups in total. The molecule has 0 atom stereocenters. The minimum Gasteiger partial charge on any atom is -0.312 e. The molecule has 23 heavy (non-hydrogen) atoms. The molecule has 0 unspecified atom stereocenters. The van der Waals surface area contributed by atoms with Gasteiger partial charge in [-0.2, -0.15) is 0 Å². The number of rotatable bonds is 3. The number of carbonyl (C=O) groups excluding carboxylic acids is 1. The molecule has 3 rings (SSSR count). The maximum absolute atomic E-state index is 12.8. The van der Waals surface area contributed by atoms with Crippen LogP contribution in [-0.4, -0.2) is 44.0 Å². The number of halogens is 1. The minimum absolute atomic E-state index is 0.0760. The van der Waals surface area contributed by atoms with E-state index in [1.807, 2.05) is 17.0 Å². The third-order valence-electron chi connectivity index (χ3n) is 4.76. The molecule has 0 bridgehead atoms. The lowest BCUT2D eigenvalue weighted by Gasteiger charge is -2.32. The van der Waals surface area contributed by atoms with Crippen LogP contribution in [0.1, 0.15) is 25.3 Å². The highest BCUT2D eigenvalue weighted by atomic mass is 79.9. The van der Waals surface area contributed by atoms with E-state index in [2.05, 4.69) is 22.0 Å². The number of anilines is 1. The summed E-state index contributed by atoms with van der Waals surface area (Å²) in [6, 6.07) is 6.01. The number of piperidine rings is 1. The molecule has 1 fully saturated rings. The number of hydrogen-bond donors (Lipinski definition) is 0. The Balaban J connectivity index is 1.68. The number of hydrogen-bond acceptors (Lipinski definition) is 3. The van der Waals surface area contributed by atoms with Gasteiger partial charge in [0.15, 0.2) is 0 Å². The quantitative estimate of drug-likeness (QED) is 0.782. The predicted octanol–water partition coefficient (Wildman–Crippen LogP) is 2.40. The van der Waals surface area contributed by atoms with E-state index in [1.165, 1.54) is 9.87 Å². The van der Waals surface area contributed by atoms with E-state index in [1.54, 1.807) is 6.92 Å². The Morgan fingerprint density at radius 2 is 1.96 bits per heavy atom. The highest BCUT2D eigenvalue weighted by molar-refractivity contribution is 9.10. The zero-order valence-corrected chi connectivity index (χ0v) is 15.6. The smallest absolute Gasteiger partial charge is 0.230 e. The van der Waals surface area contributed by atoms with Crippen molar-refractivity contribution in [1.82, 2.24) is 4.31 Å². The molecule has 2 aliphatic rings. The summed E-state index contributed by atoms with van der Waals surface area (Å²) >= 11 is 3.46. The molecule has 5 nitrogen and oxygen atoms in total. The van der Waals surface area contributed by atoms with Crippen LogP contribution in [0.2, 0.25) is 0 Å². The summed E-state index contributed by atoms with van der Waals surface area (Å²) in [5.74, 6) is 0.188. The van der Waals surface area contributed by atoms with Crippen LogP contribution in [0.3, 0.4) is 0 Å². The fraction of sp³-hybridized carbons (Fsp3) is 0.562. The van der Waals surface area contributed by atoms with Crippen LogP contribution in [0.25, 0.3) is 0 Å². The van der Waals surface area contributed by atoms with E-state index in [9.17, 15) is 13.2 Å². The average molecular weight is 401 g/mol. The van der Waals surface area contributed by atoms with Gasteiger partial charge in [0.1, 0.15) is 0 Å². The van der Waals surface area contributed by atoms with Crippen molar-refractivity contribution >= 4 is 37.5 Å². The Kier molecular flexibility index (Phi) is 4.80. The summed E-state index contributed by atoms with van der Waals surface area (Å²) in [5, 5.41) is 0. The molecule has 1 amide bonds. The van der Waals surface area contributed by atoms with Gasteiger partial charge in [0.2, 0.25) is 15.9 Å². The van der Waals surface area contributed by atoms with E-state index in [0.29, 0.717) is 25.9 Å². The maximum Gasteiger partial charge on any atom is 0.230 e. The molecule has 0 saturated carbocycles. The van der Waals surface area contributed by atoms with Crippen LogP contribution in [0.5, 0.6) is 0 Å². The van der Waals surface area contributed by atoms with Gasteiger partial charge in [-0.05, 0) is 49.9 Å². The van der Waals surface area contributed by atoms with Crippen molar-refractivity contribution in [2.24, 2.45) is 5.92 Å². The molecule has 2 aliphatic heterocycles. The fourth-order valence-corrected chi connectivity index (χ4v) is 4.92. The largest absolute Gasteiger partial charge is 0.312 e. The average Bonchev–Trinajstić information content (AvgIpc) is 2.97. The molecule has 7 heteroatoms. The molecule has 126 valence electrons. The minimum atomic E-state index is -3.14. The number of benzene rings is 1. The summed E-state index contributed by atoms with van der Waals surface area (Å²) < 4.78 is 26.4. The molecule has 1 aromatic rings. The summed E-state index contributed by atoms with van der Waals surface area (Å²) in [7, 11) is -3.14. The van der Waals surface area contributed by atoms with Crippen LogP contribution >= 0.6 is 15.9 Å². The van der Waals surface area contributed by atoms with Gasteiger partial charge in [-0.15, -0.1) is 0 Å². The number of amides is 1. The first-order chi connectivity index (χ1) is 10.9. The van der Waals surface area contributed by atoms with E-state index < -0.39 is 10.0 Å². The summed E-state index contributed by atoms with van der Waals surface area (Å²) in [4.78, 5) is 14.7. The van der Waals surface area contributed by atoms with Gasteiger partial charge < -0.3 is 4.90 Å². The molecular weight excluding hydrogens is 380 g/mol. The van der Waals surface area contributed by atoms with Crippen molar-refractivity contribution < 1.29 is 13.2 Å². The zero-order valence-electron chi connectivity index (χ0n) is 13.2. The Hall–Kier alpha value is -0.920. The lowest BCUT2D eigenvalue weighted by atomic mass is 9.96. The Morgan fingerprint density at radius 1 is 1.26 bits per heavy atom. The van der Waals surface area contributed by atoms with Crippen LogP contribution in [0.4, 0.5) is 5.69 Å². The van der Waals surface area contributed by atoms with Crippen molar-refractivity contribution in [3.63, 3.8) is 0 Å². The van der Waals surface area contributed by atoms with Gasteiger partial charge >= 0.3 is 0 Å². The van der Waals surface area contributed by atoms with E-state index in [-0.39, 0.29) is 17.6 Å². The fourth-order valence-electron chi connectivity index (χ4n) is 3.38. The highest BCUT2D eigenvalue weighted by Gasteiger charge is 2.34. The first-order valence-electron chi connectivity index (χ1n) is 8.00. The first kappa shape index (κ1) is 16.9. The third kappa shape index (κ3) is 3.32. The van der Waals surface area contributed by atoms with Gasteiger partial charge in [0, 0.05) is 35.7 Å². The summed E-state index contributed by atoms with van der Waals surface area (Å²) in [6.07, 6.45) is 2.10. The molecule has 2 heterocycles. The highest BCUT2D eigenvalue weighted by Crippen LogP contribution is 2.33. The van der Waals surface area contributed by atoms with Gasteiger partial charge in [0.05, 0.1) is 5.75 Å². The van der Waals surface area contributed by atoms with Gasteiger partial charge in [-0.3, -0.25) is 4.79 Å². The van der Waals surface area contributed by atoms with Gasteiger partial charge in [0.25, 0.3) is 0 Å². The lowest BCUT2D eigenvalue weighted by molar-refractivity contribution is -0.123. The summed E-state index contributed by atoms with van der Waals surface area (Å²) in [5.41, 5.74) is 2.19. The Morgan fingerprint density at radius 3 is 2.61 bits per heavy atom. The molecular formula is C16H21BrN2O3S. The maximum atomic E-state index is 12.8. The van der Waals surface area contributed by atoms with Crippen molar-refractivity contribution in [2.75, 3.05) is 30.3 Å². The second kappa shape index (κ2) is 6.53. The van der Waals surface area contributed by atoms with Crippen LogP contribution in [-0.2, 0) is 21.2 Å². The Bertz CT molecular complexity index is 712. The second-order valence-corrected chi connectivity index (χ2v) is 9.26. The molecule has 1 aromatic carbocycles. The SMILES string of the molecule is CCS(=O)(=O)N1CCC(C(=O)N2CCc3cc(Br)ccc32)CC1. The predicted molar refractivity (Wildman–Crippen MR) is 94.0 cm³/mol. The Labute approximate surface area is 145 Å². The van der Waals surface area contributed by atoms with E-state index in [0.717, 1.165) is 23.1 Å².